The summed E-state index contributed by atoms with van der Waals surface area (Å²) in [7, 11) is 0. The number of nitro groups is 1. The van der Waals surface area contributed by atoms with Crippen LogP contribution in [-0.2, 0) is 12.0 Å². The number of nitro benzene ring substituents is 1. The minimum Gasteiger partial charge on any atom is -0.392 e. The average molecular weight is 316 g/mol. The van der Waals surface area contributed by atoms with Crippen LogP contribution in [0.4, 0.5) is 15.8 Å². The Balaban J connectivity index is 1.83. The normalized spacial score (nSPS) is 15.2. The van der Waals surface area contributed by atoms with Crippen molar-refractivity contribution in [1.29, 1.82) is 0 Å². The van der Waals surface area contributed by atoms with Gasteiger partial charge in [-0.3, -0.25) is 10.1 Å². The van der Waals surface area contributed by atoms with Crippen molar-refractivity contribution in [3.63, 3.8) is 0 Å². The standard InChI is InChI=1S/C17H17FN2O3/c18-14-4-2-1-3-13(14)17(7-8-17)11-19-15-9-12(10-21)5-6-16(15)20(22)23/h1-6,9,19,21H,7-8,10-11H2. The van der Waals surface area contributed by atoms with E-state index in [1.807, 2.05) is 0 Å². The highest BCUT2D eigenvalue weighted by Gasteiger charge is 2.45. The van der Waals surface area contributed by atoms with E-state index in [1.165, 1.54) is 18.2 Å². The predicted molar refractivity (Wildman–Crippen MR) is 84.8 cm³/mol. The number of halogens is 1. The molecule has 5 nitrogen and oxygen atoms in total. The van der Waals surface area contributed by atoms with Gasteiger partial charge in [0, 0.05) is 18.0 Å². The van der Waals surface area contributed by atoms with E-state index in [1.54, 1.807) is 24.3 Å². The van der Waals surface area contributed by atoms with E-state index in [0.29, 0.717) is 23.4 Å². The van der Waals surface area contributed by atoms with E-state index in [4.69, 9.17) is 0 Å². The van der Waals surface area contributed by atoms with Crippen LogP contribution in [0.25, 0.3) is 0 Å². The SMILES string of the molecule is O=[N+]([O-])c1ccc(CO)cc1NCC1(c2ccccc2F)CC1. The van der Waals surface area contributed by atoms with Crippen LogP contribution < -0.4 is 5.32 Å². The van der Waals surface area contributed by atoms with Gasteiger partial charge in [0.15, 0.2) is 0 Å². The number of hydrogen-bond acceptors (Lipinski definition) is 4. The smallest absolute Gasteiger partial charge is 0.292 e. The summed E-state index contributed by atoms with van der Waals surface area (Å²) < 4.78 is 14.0. The zero-order valence-corrected chi connectivity index (χ0v) is 12.5. The van der Waals surface area contributed by atoms with Gasteiger partial charge in [-0.15, -0.1) is 0 Å². The highest BCUT2D eigenvalue weighted by molar-refractivity contribution is 5.63. The topological polar surface area (TPSA) is 75.4 Å². The van der Waals surface area contributed by atoms with Gasteiger partial charge in [-0.05, 0) is 42.2 Å². The van der Waals surface area contributed by atoms with Crippen molar-refractivity contribution in [2.75, 3.05) is 11.9 Å². The number of nitrogens with one attached hydrogen (secondary N) is 1. The van der Waals surface area contributed by atoms with Crippen molar-refractivity contribution in [3.8, 4) is 0 Å². The van der Waals surface area contributed by atoms with E-state index in [2.05, 4.69) is 5.32 Å². The molecule has 0 bridgehead atoms. The molecule has 0 radical (unpaired) electrons. The molecule has 0 unspecified atom stereocenters. The van der Waals surface area contributed by atoms with Gasteiger partial charge in [-0.2, -0.15) is 0 Å². The first-order chi connectivity index (χ1) is 11.1. The Hall–Kier alpha value is -2.47. The minimum atomic E-state index is -0.466. The molecule has 2 aromatic rings. The van der Waals surface area contributed by atoms with Crippen LogP contribution in [0.15, 0.2) is 42.5 Å². The Morgan fingerprint density at radius 2 is 2.00 bits per heavy atom. The summed E-state index contributed by atoms with van der Waals surface area (Å²) in [6.45, 7) is 0.231. The molecule has 0 heterocycles. The third-order valence-electron chi connectivity index (χ3n) is 4.36. The van der Waals surface area contributed by atoms with Crippen molar-refractivity contribution < 1.29 is 14.4 Å². The number of rotatable bonds is 6. The van der Waals surface area contributed by atoms with Gasteiger partial charge in [-0.25, -0.2) is 4.39 Å². The Kier molecular flexibility index (Phi) is 4.00. The van der Waals surface area contributed by atoms with E-state index >= 15 is 0 Å². The highest BCUT2D eigenvalue weighted by Crippen LogP contribution is 2.49. The van der Waals surface area contributed by atoms with Gasteiger partial charge < -0.3 is 10.4 Å². The Morgan fingerprint density at radius 1 is 1.26 bits per heavy atom. The second kappa shape index (κ2) is 5.96. The molecule has 0 aliphatic heterocycles. The van der Waals surface area contributed by atoms with Gasteiger partial charge in [-0.1, -0.05) is 18.2 Å². The molecule has 23 heavy (non-hydrogen) atoms. The zero-order chi connectivity index (χ0) is 16.4. The quantitative estimate of drug-likeness (QED) is 0.633. The molecule has 0 aromatic heterocycles. The minimum absolute atomic E-state index is 0.0495. The van der Waals surface area contributed by atoms with Crippen LogP contribution in [0.3, 0.4) is 0 Å². The maximum Gasteiger partial charge on any atom is 0.292 e. The number of nitrogens with zero attached hydrogens (tertiary/aromatic N) is 1. The largest absolute Gasteiger partial charge is 0.392 e. The predicted octanol–water partition coefficient (Wildman–Crippen LogP) is 3.37. The molecule has 0 amide bonds. The number of anilines is 1. The summed E-state index contributed by atoms with van der Waals surface area (Å²) in [6, 6.07) is 11.1. The number of hydrogen-bond donors (Lipinski definition) is 2. The second-order valence-electron chi connectivity index (χ2n) is 5.88. The molecule has 6 heteroatoms. The van der Waals surface area contributed by atoms with Crippen molar-refractivity contribution >= 4 is 11.4 Å². The monoisotopic (exact) mass is 316 g/mol. The Labute approximate surface area is 132 Å². The number of benzene rings is 2. The van der Waals surface area contributed by atoms with Crippen molar-refractivity contribution in [2.45, 2.75) is 24.9 Å². The summed E-state index contributed by atoms with van der Waals surface area (Å²) in [6.07, 6.45) is 1.68. The molecule has 3 rings (SSSR count). The van der Waals surface area contributed by atoms with E-state index in [0.717, 1.165) is 12.8 Å². The highest BCUT2D eigenvalue weighted by atomic mass is 19.1. The summed E-state index contributed by atoms with van der Waals surface area (Å²) >= 11 is 0. The molecule has 1 aliphatic rings. The van der Waals surface area contributed by atoms with Gasteiger partial charge >= 0.3 is 0 Å². The Bertz CT molecular complexity index is 744. The van der Waals surface area contributed by atoms with Gasteiger partial charge in [0.2, 0.25) is 0 Å². The van der Waals surface area contributed by atoms with Crippen LogP contribution in [-0.4, -0.2) is 16.6 Å². The zero-order valence-electron chi connectivity index (χ0n) is 12.5. The summed E-state index contributed by atoms with van der Waals surface area (Å²) in [5, 5.41) is 23.4. The van der Waals surface area contributed by atoms with E-state index < -0.39 is 4.92 Å². The fourth-order valence-electron chi connectivity index (χ4n) is 2.83. The van der Waals surface area contributed by atoms with Gasteiger partial charge in [0.05, 0.1) is 11.5 Å². The molecule has 1 aliphatic carbocycles. The number of aliphatic hydroxyl groups excluding tert-OH is 1. The van der Waals surface area contributed by atoms with Crippen LogP contribution in [0, 0.1) is 15.9 Å². The molecule has 120 valence electrons. The lowest BCUT2D eigenvalue weighted by molar-refractivity contribution is -0.384. The molecule has 2 aromatic carbocycles. The fourth-order valence-corrected chi connectivity index (χ4v) is 2.83. The molecular formula is C17H17FN2O3. The number of aliphatic hydroxyl groups is 1. The second-order valence-corrected chi connectivity index (χ2v) is 5.88. The van der Waals surface area contributed by atoms with Crippen molar-refractivity contribution in [1.82, 2.24) is 0 Å². The van der Waals surface area contributed by atoms with Crippen LogP contribution in [0.1, 0.15) is 24.0 Å². The van der Waals surface area contributed by atoms with Gasteiger partial charge in [0.25, 0.3) is 5.69 Å². The molecule has 1 saturated carbocycles. The molecule has 0 atom stereocenters. The Morgan fingerprint density at radius 3 is 2.61 bits per heavy atom. The summed E-state index contributed by atoms with van der Waals surface area (Å²) in [5.74, 6) is -0.245. The lowest BCUT2D eigenvalue weighted by atomic mass is 9.95. The first-order valence-corrected chi connectivity index (χ1v) is 7.43. The first-order valence-electron chi connectivity index (χ1n) is 7.43. The first kappa shape index (κ1) is 15.4. The third kappa shape index (κ3) is 3.03. The molecule has 0 spiro atoms. The maximum absolute atomic E-state index is 14.0. The van der Waals surface area contributed by atoms with E-state index in [9.17, 15) is 19.6 Å². The van der Waals surface area contributed by atoms with E-state index in [-0.39, 0.29) is 23.5 Å². The summed E-state index contributed by atoms with van der Waals surface area (Å²) in [4.78, 5) is 10.7. The molecule has 2 N–H and O–H groups in total. The van der Waals surface area contributed by atoms with Crippen molar-refractivity contribution in [2.24, 2.45) is 0 Å². The van der Waals surface area contributed by atoms with Gasteiger partial charge in [0.1, 0.15) is 11.5 Å². The van der Waals surface area contributed by atoms with Crippen LogP contribution >= 0.6 is 0 Å². The third-order valence-corrected chi connectivity index (χ3v) is 4.36. The maximum atomic E-state index is 14.0. The van der Waals surface area contributed by atoms with Crippen LogP contribution in [0.5, 0.6) is 0 Å². The average Bonchev–Trinajstić information content (AvgIpc) is 3.34. The molecule has 1 fully saturated rings. The van der Waals surface area contributed by atoms with Crippen molar-refractivity contribution in [3.05, 3.63) is 69.5 Å². The lowest BCUT2D eigenvalue weighted by Gasteiger charge is -2.18. The molecule has 0 saturated heterocycles. The fraction of sp³-hybridized carbons (Fsp3) is 0.294. The summed E-state index contributed by atoms with van der Waals surface area (Å²) in [5.41, 5.74) is 1.23. The molecular weight excluding hydrogens is 299 g/mol. The van der Waals surface area contributed by atoms with Crippen LogP contribution in [0.2, 0.25) is 0 Å². The lowest BCUT2D eigenvalue weighted by Crippen LogP contribution is -2.21.